The summed E-state index contributed by atoms with van der Waals surface area (Å²) in [6.07, 6.45) is 0. The number of rotatable bonds is 4. The first kappa shape index (κ1) is 20.3. The fourth-order valence-corrected chi connectivity index (χ4v) is 5.17. The van der Waals surface area contributed by atoms with Crippen molar-refractivity contribution in [1.82, 2.24) is 0 Å². The van der Waals surface area contributed by atoms with Crippen LogP contribution in [0.3, 0.4) is 0 Å². The molecule has 4 heteroatoms. The molecule has 4 aromatic rings. The first-order valence-electron chi connectivity index (χ1n) is 10.5. The molecule has 1 aliphatic rings. The predicted molar refractivity (Wildman–Crippen MR) is 132 cm³/mol. The quantitative estimate of drug-likeness (QED) is 0.342. The highest BCUT2D eigenvalue weighted by Crippen LogP contribution is 2.43. The van der Waals surface area contributed by atoms with Gasteiger partial charge in [0.2, 0.25) is 0 Å². The van der Waals surface area contributed by atoms with E-state index >= 15 is 0 Å². The second-order valence-corrected chi connectivity index (χ2v) is 8.97. The zero-order valence-electron chi connectivity index (χ0n) is 17.8. The molecule has 0 radical (unpaired) electrons. The van der Waals surface area contributed by atoms with E-state index in [1.165, 1.54) is 16.7 Å². The molecule has 0 atom stereocenters. The van der Waals surface area contributed by atoms with Crippen LogP contribution in [0.5, 0.6) is 0 Å². The van der Waals surface area contributed by atoms with E-state index in [2.05, 4.69) is 0 Å². The largest absolute Gasteiger partial charge is 0.272 e. The van der Waals surface area contributed by atoms with Crippen LogP contribution in [0.1, 0.15) is 16.7 Å². The van der Waals surface area contributed by atoms with E-state index in [9.17, 15) is 9.59 Å². The SMILES string of the molecule is Cc1ccc(C2=C(Sc3ccccc3)C(=O)N(c3cccc4ccccc34)C2=O)c(C)c1. The number of aryl methyl sites for hydroxylation is 2. The van der Waals surface area contributed by atoms with Crippen molar-refractivity contribution in [3.63, 3.8) is 0 Å². The Morgan fingerprint density at radius 3 is 2.22 bits per heavy atom. The van der Waals surface area contributed by atoms with Crippen LogP contribution in [0.25, 0.3) is 16.3 Å². The number of hydrogen-bond donors (Lipinski definition) is 0. The summed E-state index contributed by atoms with van der Waals surface area (Å²) in [5.74, 6) is -0.563. The lowest BCUT2D eigenvalue weighted by Crippen LogP contribution is -2.31. The first-order chi connectivity index (χ1) is 15.5. The van der Waals surface area contributed by atoms with Gasteiger partial charge in [-0.05, 0) is 48.6 Å². The smallest absolute Gasteiger partial charge is 0.268 e. The summed E-state index contributed by atoms with van der Waals surface area (Å²) in [6.45, 7) is 4.01. The Bertz CT molecular complexity index is 1400. The van der Waals surface area contributed by atoms with E-state index in [-0.39, 0.29) is 11.8 Å². The molecule has 1 heterocycles. The third-order valence-corrected chi connectivity index (χ3v) is 6.75. The highest BCUT2D eigenvalue weighted by atomic mass is 32.2. The third kappa shape index (κ3) is 3.43. The summed E-state index contributed by atoms with van der Waals surface area (Å²) in [4.78, 5) is 30.3. The molecule has 5 rings (SSSR count). The number of thioether (sulfide) groups is 1. The summed E-state index contributed by atoms with van der Waals surface area (Å²) < 4.78 is 0. The molecule has 0 aliphatic carbocycles. The van der Waals surface area contributed by atoms with Gasteiger partial charge in [-0.1, -0.05) is 90.1 Å². The maximum atomic E-state index is 13.8. The van der Waals surface area contributed by atoms with E-state index in [0.717, 1.165) is 32.4 Å². The van der Waals surface area contributed by atoms with E-state index in [4.69, 9.17) is 0 Å². The summed E-state index contributed by atoms with van der Waals surface area (Å²) in [5.41, 5.74) is 3.98. The number of carbonyl (C=O) groups is 2. The molecule has 0 saturated heterocycles. The van der Waals surface area contributed by atoms with Crippen molar-refractivity contribution in [3.05, 3.63) is 113 Å². The molecular formula is C28H21NO2S. The maximum absolute atomic E-state index is 13.8. The van der Waals surface area contributed by atoms with Gasteiger partial charge in [-0.3, -0.25) is 9.59 Å². The number of carbonyl (C=O) groups excluding carboxylic acids is 2. The minimum absolute atomic E-state index is 0.281. The number of anilines is 1. The van der Waals surface area contributed by atoms with Gasteiger partial charge in [-0.15, -0.1) is 0 Å². The molecule has 1 aliphatic heterocycles. The first-order valence-corrected chi connectivity index (χ1v) is 11.3. The molecule has 0 saturated carbocycles. The molecule has 0 aromatic heterocycles. The number of amides is 2. The van der Waals surface area contributed by atoms with Crippen molar-refractivity contribution >= 4 is 45.6 Å². The molecule has 4 aromatic carbocycles. The van der Waals surface area contributed by atoms with Gasteiger partial charge in [0.25, 0.3) is 11.8 Å². The normalized spacial score (nSPS) is 14.0. The highest BCUT2D eigenvalue weighted by molar-refractivity contribution is 8.04. The minimum atomic E-state index is -0.282. The zero-order chi connectivity index (χ0) is 22.2. The molecule has 32 heavy (non-hydrogen) atoms. The second kappa shape index (κ2) is 8.13. The molecule has 0 fully saturated rings. The van der Waals surface area contributed by atoms with Gasteiger partial charge in [-0.2, -0.15) is 0 Å². The molecule has 156 valence electrons. The van der Waals surface area contributed by atoms with Crippen LogP contribution in [0, 0.1) is 13.8 Å². The Balaban J connectivity index is 1.69. The van der Waals surface area contributed by atoms with Crippen molar-refractivity contribution in [2.75, 3.05) is 4.90 Å². The maximum Gasteiger partial charge on any atom is 0.272 e. The summed E-state index contributed by atoms with van der Waals surface area (Å²) in [6, 6.07) is 29.2. The Labute approximate surface area is 191 Å². The Hall–Kier alpha value is -3.63. The molecule has 0 bridgehead atoms. The Morgan fingerprint density at radius 1 is 0.719 bits per heavy atom. The van der Waals surface area contributed by atoms with Crippen molar-refractivity contribution in [1.29, 1.82) is 0 Å². The standard InChI is InChI=1S/C28H21NO2S/c1-18-15-16-22(19(2)17-18)25-26(32-21-11-4-3-5-12-21)28(31)29(27(25)30)24-14-8-10-20-9-6-7-13-23(20)24/h3-17H,1-2H3. The lowest BCUT2D eigenvalue weighted by atomic mass is 9.98. The van der Waals surface area contributed by atoms with Crippen molar-refractivity contribution in [2.24, 2.45) is 0 Å². The van der Waals surface area contributed by atoms with Gasteiger partial charge in [0, 0.05) is 10.3 Å². The van der Waals surface area contributed by atoms with E-state index < -0.39 is 0 Å². The number of fused-ring (bicyclic) bond motifs is 1. The van der Waals surface area contributed by atoms with E-state index in [1.54, 1.807) is 0 Å². The van der Waals surface area contributed by atoms with Gasteiger partial charge in [0.15, 0.2) is 0 Å². The molecular weight excluding hydrogens is 414 g/mol. The van der Waals surface area contributed by atoms with Crippen LogP contribution < -0.4 is 4.90 Å². The lowest BCUT2D eigenvalue weighted by Gasteiger charge is -2.18. The Morgan fingerprint density at radius 2 is 1.44 bits per heavy atom. The summed E-state index contributed by atoms with van der Waals surface area (Å²) >= 11 is 1.35. The van der Waals surface area contributed by atoms with Crippen LogP contribution in [-0.2, 0) is 9.59 Å². The highest BCUT2D eigenvalue weighted by Gasteiger charge is 2.41. The van der Waals surface area contributed by atoms with Crippen LogP contribution in [0.2, 0.25) is 0 Å². The van der Waals surface area contributed by atoms with Gasteiger partial charge in [0.1, 0.15) is 0 Å². The Kier molecular flexibility index (Phi) is 5.16. The van der Waals surface area contributed by atoms with Gasteiger partial charge in [0.05, 0.1) is 16.2 Å². The van der Waals surface area contributed by atoms with Crippen LogP contribution >= 0.6 is 11.8 Å². The van der Waals surface area contributed by atoms with E-state index in [0.29, 0.717) is 16.2 Å². The molecule has 3 nitrogen and oxygen atoms in total. The minimum Gasteiger partial charge on any atom is -0.268 e. The second-order valence-electron chi connectivity index (χ2n) is 7.88. The number of hydrogen-bond acceptors (Lipinski definition) is 3. The van der Waals surface area contributed by atoms with Crippen molar-refractivity contribution in [2.45, 2.75) is 18.7 Å². The monoisotopic (exact) mass is 435 g/mol. The van der Waals surface area contributed by atoms with Crippen LogP contribution in [0.4, 0.5) is 5.69 Å². The fraction of sp³-hybridized carbons (Fsp3) is 0.0714. The average molecular weight is 436 g/mol. The zero-order valence-corrected chi connectivity index (χ0v) is 18.6. The molecule has 0 spiro atoms. The third-order valence-electron chi connectivity index (χ3n) is 5.66. The fourth-order valence-electron chi connectivity index (χ4n) is 4.16. The van der Waals surface area contributed by atoms with Crippen LogP contribution in [0.15, 0.2) is 101 Å². The number of nitrogens with zero attached hydrogens (tertiary/aromatic N) is 1. The predicted octanol–water partition coefficient (Wildman–Crippen LogP) is 6.53. The average Bonchev–Trinajstić information content (AvgIpc) is 3.03. The lowest BCUT2D eigenvalue weighted by molar-refractivity contribution is -0.119. The van der Waals surface area contributed by atoms with E-state index in [1.807, 2.05) is 105 Å². The topological polar surface area (TPSA) is 37.4 Å². The number of imide groups is 1. The van der Waals surface area contributed by atoms with Crippen LogP contribution in [-0.4, -0.2) is 11.8 Å². The molecule has 0 unspecified atom stereocenters. The van der Waals surface area contributed by atoms with Crippen molar-refractivity contribution in [3.8, 4) is 0 Å². The summed E-state index contributed by atoms with van der Waals surface area (Å²) in [7, 11) is 0. The van der Waals surface area contributed by atoms with Crippen molar-refractivity contribution < 1.29 is 9.59 Å². The van der Waals surface area contributed by atoms with Gasteiger partial charge < -0.3 is 0 Å². The van der Waals surface area contributed by atoms with Gasteiger partial charge >= 0.3 is 0 Å². The number of benzene rings is 4. The summed E-state index contributed by atoms with van der Waals surface area (Å²) in [5, 5.41) is 1.87. The molecule has 0 N–H and O–H groups in total. The van der Waals surface area contributed by atoms with Gasteiger partial charge in [-0.25, -0.2) is 4.90 Å². The molecule has 2 amide bonds.